The molecule has 11 heteroatoms. The third-order valence-electron chi connectivity index (χ3n) is 4.77. The lowest BCUT2D eigenvalue weighted by molar-refractivity contribution is -0.142. The zero-order valence-electron chi connectivity index (χ0n) is 18.1. The quantitative estimate of drug-likeness (QED) is 0.138. The van der Waals surface area contributed by atoms with Crippen molar-refractivity contribution in [2.45, 2.75) is 56.8 Å². The smallest absolute Gasteiger partial charge is 0.326 e. The summed E-state index contributed by atoms with van der Waals surface area (Å²) in [5.41, 5.74) is 12.0. The Kier molecular flexibility index (Phi) is 12.4. The predicted molar refractivity (Wildman–Crippen MR) is 124 cm³/mol. The highest BCUT2D eigenvalue weighted by atomic mass is 32.1. The van der Waals surface area contributed by atoms with Gasteiger partial charge in [0, 0.05) is 12.2 Å². The summed E-state index contributed by atoms with van der Waals surface area (Å²) >= 11 is 4.08. The van der Waals surface area contributed by atoms with Crippen molar-refractivity contribution in [2.24, 2.45) is 11.5 Å². The summed E-state index contributed by atoms with van der Waals surface area (Å²) in [7, 11) is 0. The van der Waals surface area contributed by atoms with Gasteiger partial charge in [-0.05, 0) is 31.9 Å². The molecule has 4 atom stereocenters. The number of benzene rings is 1. The number of carboxylic acids is 1. The van der Waals surface area contributed by atoms with Gasteiger partial charge < -0.3 is 32.5 Å². The Morgan fingerprint density at radius 3 is 2.16 bits per heavy atom. The monoisotopic (exact) mass is 467 g/mol. The first-order valence-corrected chi connectivity index (χ1v) is 11.1. The fourth-order valence-electron chi connectivity index (χ4n) is 2.84. The standard InChI is InChI=1S/C21H33N5O5S/c1-13(18(27)25-16(21(30)31)11-14-7-3-2-4-8-14)24-20(29)17(12-32)26-19(28)15(23)9-5-6-10-22/h2-4,7-8,13,15-17,32H,5-6,9-12,22-23H2,1H3,(H,24,29)(H,25,27)(H,26,28)(H,30,31). The molecule has 10 nitrogen and oxygen atoms in total. The summed E-state index contributed by atoms with van der Waals surface area (Å²) in [5, 5.41) is 16.8. The summed E-state index contributed by atoms with van der Waals surface area (Å²) in [6.07, 6.45) is 1.96. The maximum atomic E-state index is 12.5. The van der Waals surface area contributed by atoms with Crippen molar-refractivity contribution in [2.75, 3.05) is 12.3 Å². The second-order valence-corrected chi connectivity index (χ2v) is 7.82. The number of aliphatic carboxylic acids is 1. The molecule has 0 saturated carbocycles. The highest BCUT2D eigenvalue weighted by Crippen LogP contribution is 2.04. The molecular weight excluding hydrogens is 434 g/mol. The van der Waals surface area contributed by atoms with Gasteiger partial charge in [-0.15, -0.1) is 0 Å². The predicted octanol–water partition coefficient (Wildman–Crippen LogP) is -0.826. The Labute approximate surface area is 193 Å². The molecule has 0 spiro atoms. The van der Waals surface area contributed by atoms with E-state index < -0.39 is 47.9 Å². The van der Waals surface area contributed by atoms with Gasteiger partial charge in [0.2, 0.25) is 17.7 Å². The van der Waals surface area contributed by atoms with Crippen LogP contribution in [0.2, 0.25) is 0 Å². The number of amides is 3. The molecule has 4 unspecified atom stereocenters. The lowest BCUT2D eigenvalue weighted by Crippen LogP contribution is -2.57. The van der Waals surface area contributed by atoms with E-state index in [1.165, 1.54) is 6.92 Å². The Hall–Kier alpha value is -2.63. The molecule has 0 bridgehead atoms. The summed E-state index contributed by atoms with van der Waals surface area (Å²) in [6, 6.07) is 4.90. The van der Waals surface area contributed by atoms with Gasteiger partial charge >= 0.3 is 5.97 Å². The number of nitrogens with one attached hydrogen (secondary N) is 3. The molecule has 178 valence electrons. The number of thiol groups is 1. The zero-order valence-corrected chi connectivity index (χ0v) is 19.0. The third-order valence-corrected chi connectivity index (χ3v) is 5.14. The van der Waals surface area contributed by atoms with E-state index in [-0.39, 0.29) is 12.2 Å². The summed E-state index contributed by atoms with van der Waals surface area (Å²) < 4.78 is 0. The number of carbonyl (C=O) groups is 4. The van der Waals surface area contributed by atoms with Gasteiger partial charge in [0.1, 0.15) is 18.1 Å². The van der Waals surface area contributed by atoms with E-state index in [9.17, 15) is 24.3 Å². The lowest BCUT2D eigenvalue weighted by atomic mass is 10.1. The van der Waals surface area contributed by atoms with Crippen molar-refractivity contribution in [3.63, 3.8) is 0 Å². The molecule has 0 aliphatic carbocycles. The maximum absolute atomic E-state index is 12.5. The fraction of sp³-hybridized carbons (Fsp3) is 0.524. The number of hydrogen-bond donors (Lipinski definition) is 7. The maximum Gasteiger partial charge on any atom is 0.326 e. The van der Waals surface area contributed by atoms with Crippen molar-refractivity contribution in [3.05, 3.63) is 35.9 Å². The number of unbranched alkanes of at least 4 members (excludes halogenated alkanes) is 1. The van der Waals surface area contributed by atoms with E-state index in [0.717, 1.165) is 12.0 Å². The number of hydrogen-bond acceptors (Lipinski definition) is 7. The van der Waals surface area contributed by atoms with Gasteiger partial charge in [0.15, 0.2) is 0 Å². The topological polar surface area (TPSA) is 177 Å². The number of rotatable bonds is 14. The molecule has 0 heterocycles. The van der Waals surface area contributed by atoms with Crippen LogP contribution < -0.4 is 27.4 Å². The first kappa shape index (κ1) is 27.4. The van der Waals surface area contributed by atoms with E-state index in [1.54, 1.807) is 30.3 Å². The molecular formula is C21H33N5O5S. The first-order valence-electron chi connectivity index (χ1n) is 10.4. The second kappa shape index (κ2) is 14.4. The van der Waals surface area contributed by atoms with Gasteiger partial charge in [-0.25, -0.2) is 4.79 Å². The van der Waals surface area contributed by atoms with E-state index in [4.69, 9.17) is 11.5 Å². The van der Waals surface area contributed by atoms with Crippen molar-refractivity contribution in [3.8, 4) is 0 Å². The molecule has 1 aromatic rings. The van der Waals surface area contributed by atoms with Crippen LogP contribution in [0.4, 0.5) is 0 Å². The van der Waals surface area contributed by atoms with Gasteiger partial charge in [-0.2, -0.15) is 12.6 Å². The second-order valence-electron chi connectivity index (χ2n) is 7.45. The lowest BCUT2D eigenvalue weighted by Gasteiger charge is -2.22. The van der Waals surface area contributed by atoms with Crippen LogP contribution in [0.5, 0.6) is 0 Å². The SMILES string of the molecule is CC(NC(=O)C(CS)NC(=O)C(N)CCCCN)C(=O)NC(Cc1ccccc1)C(=O)O. The Morgan fingerprint density at radius 1 is 0.969 bits per heavy atom. The van der Waals surface area contributed by atoms with E-state index in [0.29, 0.717) is 19.4 Å². The highest BCUT2D eigenvalue weighted by Gasteiger charge is 2.27. The van der Waals surface area contributed by atoms with Crippen molar-refractivity contribution >= 4 is 36.3 Å². The van der Waals surface area contributed by atoms with Crippen LogP contribution in [0, 0.1) is 0 Å². The molecule has 0 aromatic heterocycles. The van der Waals surface area contributed by atoms with Gasteiger partial charge in [0.25, 0.3) is 0 Å². The van der Waals surface area contributed by atoms with Crippen LogP contribution in [0.25, 0.3) is 0 Å². The summed E-state index contributed by atoms with van der Waals surface area (Å²) in [5.74, 6) is -2.98. The average Bonchev–Trinajstić information content (AvgIpc) is 2.77. The van der Waals surface area contributed by atoms with Crippen LogP contribution in [-0.4, -0.2) is 65.3 Å². The van der Waals surface area contributed by atoms with Crippen molar-refractivity contribution < 1.29 is 24.3 Å². The molecule has 32 heavy (non-hydrogen) atoms. The zero-order chi connectivity index (χ0) is 24.1. The van der Waals surface area contributed by atoms with E-state index in [2.05, 4.69) is 28.6 Å². The van der Waals surface area contributed by atoms with E-state index >= 15 is 0 Å². The minimum atomic E-state index is -1.19. The minimum absolute atomic E-state index is 0.00676. The van der Waals surface area contributed by atoms with Crippen molar-refractivity contribution in [1.82, 2.24) is 16.0 Å². The third kappa shape index (κ3) is 9.67. The average molecular weight is 468 g/mol. The van der Waals surface area contributed by atoms with Crippen LogP contribution in [0.15, 0.2) is 30.3 Å². The van der Waals surface area contributed by atoms with Crippen LogP contribution in [0.1, 0.15) is 31.7 Å². The van der Waals surface area contributed by atoms with Crippen molar-refractivity contribution in [1.29, 1.82) is 0 Å². The minimum Gasteiger partial charge on any atom is -0.480 e. The summed E-state index contributed by atoms with van der Waals surface area (Å²) in [4.78, 5) is 48.7. The van der Waals surface area contributed by atoms with Gasteiger partial charge in [-0.3, -0.25) is 14.4 Å². The highest BCUT2D eigenvalue weighted by molar-refractivity contribution is 7.80. The Morgan fingerprint density at radius 2 is 1.59 bits per heavy atom. The normalized spacial score (nSPS) is 14.5. The molecule has 0 aliphatic rings. The molecule has 0 aliphatic heterocycles. The van der Waals surface area contributed by atoms with E-state index in [1.807, 2.05) is 0 Å². The van der Waals surface area contributed by atoms with Gasteiger partial charge in [0.05, 0.1) is 6.04 Å². The fourth-order valence-corrected chi connectivity index (χ4v) is 3.10. The van der Waals surface area contributed by atoms with Gasteiger partial charge in [-0.1, -0.05) is 36.8 Å². The molecule has 8 N–H and O–H groups in total. The number of nitrogens with two attached hydrogens (primary N) is 2. The number of carbonyl (C=O) groups excluding carboxylic acids is 3. The van der Waals surface area contributed by atoms with Crippen LogP contribution in [0.3, 0.4) is 0 Å². The Balaban J connectivity index is 2.62. The molecule has 1 aromatic carbocycles. The largest absolute Gasteiger partial charge is 0.480 e. The summed E-state index contributed by atoms with van der Waals surface area (Å²) in [6.45, 7) is 1.93. The molecule has 0 fully saturated rings. The molecule has 0 saturated heterocycles. The Bertz CT molecular complexity index is 764. The number of carboxylic acid groups (broad SMARTS) is 1. The molecule has 0 radical (unpaired) electrons. The molecule has 3 amide bonds. The van der Waals surface area contributed by atoms with Crippen LogP contribution in [-0.2, 0) is 25.6 Å². The molecule has 1 rings (SSSR count). The first-order chi connectivity index (χ1) is 15.2. The van der Waals surface area contributed by atoms with Crippen LogP contribution >= 0.6 is 12.6 Å².